The van der Waals surface area contributed by atoms with E-state index in [1.807, 2.05) is 6.26 Å². The molecule has 0 radical (unpaired) electrons. The Balaban J connectivity index is 1.12. The van der Waals surface area contributed by atoms with Gasteiger partial charge in [0.25, 0.3) is 0 Å². The molecule has 1 aliphatic heterocycles. The van der Waals surface area contributed by atoms with Crippen LogP contribution in [0.5, 0.6) is 0 Å². The summed E-state index contributed by atoms with van der Waals surface area (Å²) in [7, 11) is 0. The maximum atomic E-state index is 6.23. The monoisotopic (exact) mass is 359 g/mol. The van der Waals surface area contributed by atoms with Crippen molar-refractivity contribution in [2.75, 3.05) is 26.2 Å². The molecule has 0 amide bonds. The lowest BCUT2D eigenvalue weighted by Gasteiger charge is -2.45. The minimum Gasteiger partial charge on any atom is -0.472 e. The van der Waals surface area contributed by atoms with Crippen LogP contribution in [0.2, 0.25) is 0 Å². The Bertz CT molecular complexity index is 502. The molecule has 146 valence electrons. The quantitative estimate of drug-likeness (QED) is 0.648. The second-order valence-electron chi connectivity index (χ2n) is 9.23. The van der Waals surface area contributed by atoms with E-state index in [2.05, 4.69) is 11.0 Å². The number of furan rings is 1. The van der Waals surface area contributed by atoms with E-state index in [1.54, 1.807) is 6.26 Å². The van der Waals surface area contributed by atoms with Gasteiger partial charge in [-0.05, 0) is 113 Å². The number of ether oxygens (including phenoxy) is 1. The Labute approximate surface area is 159 Å². The first-order valence-corrected chi connectivity index (χ1v) is 11.2. The first kappa shape index (κ1) is 18.6. The van der Waals surface area contributed by atoms with Gasteiger partial charge in [0.1, 0.15) is 0 Å². The third-order valence-corrected chi connectivity index (χ3v) is 7.54. The van der Waals surface area contributed by atoms with E-state index in [4.69, 9.17) is 9.15 Å². The van der Waals surface area contributed by atoms with Gasteiger partial charge < -0.3 is 14.1 Å². The molecule has 2 saturated carbocycles. The van der Waals surface area contributed by atoms with Crippen LogP contribution >= 0.6 is 0 Å². The van der Waals surface area contributed by atoms with Crippen LogP contribution in [0, 0.1) is 11.3 Å². The lowest BCUT2D eigenvalue weighted by atomic mass is 9.62. The summed E-state index contributed by atoms with van der Waals surface area (Å²) in [5.41, 5.74) is 2.04. The van der Waals surface area contributed by atoms with Gasteiger partial charge in [0.05, 0.1) is 25.2 Å². The summed E-state index contributed by atoms with van der Waals surface area (Å²) >= 11 is 0. The van der Waals surface area contributed by atoms with Crippen molar-refractivity contribution in [3.63, 3.8) is 0 Å². The highest BCUT2D eigenvalue weighted by molar-refractivity contribution is 5.05. The Morgan fingerprint density at radius 1 is 1.04 bits per heavy atom. The highest BCUT2D eigenvalue weighted by atomic mass is 16.5. The predicted molar refractivity (Wildman–Crippen MR) is 105 cm³/mol. The molecule has 3 fully saturated rings. The standard InChI is InChI=1S/C23H37NO2/c1-2-15-24(14-1)16-18-26-22-7-12-23(13-8-22)10-5-20(6-11-23)3-4-21-9-17-25-19-21/h9,17,19-20,22H,1-8,10-16,18H2. The average molecular weight is 360 g/mol. The lowest BCUT2D eigenvalue weighted by Crippen LogP contribution is -2.35. The Morgan fingerprint density at radius 2 is 1.77 bits per heavy atom. The van der Waals surface area contributed by atoms with Crippen LogP contribution in [0.25, 0.3) is 0 Å². The van der Waals surface area contributed by atoms with Gasteiger partial charge in [-0.15, -0.1) is 0 Å². The largest absolute Gasteiger partial charge is 0.472 e. The number of hydrogen-bond acceptors (Lipinski definition) is 3. The van der Waals surface area contributed by atoms with E-state index in [1.165, 1.54) is 95.7 Å². The molecule has 3 heteroatoms. The molecule has 0 bridgehead atoms. The molecule has 4 rings (SSSR count). The van der Waals surface area contributed by atoms with E-state index in [9.17, 15) is 0 Å². The number of rotatable bonds is 7. The molecule has 0 aromatic carbocycles. The minimum absolute atomic E-state index is 0.544. The van der Waals surface area contributed by atoms with Crippen LogP contribution in [0.15, 0.2) is 23.0 Å². The Kier molecular flexibility index (Phi) is 6.37. The fraction of sp³-hybridized carbons (Fsp3) is 0.826. The fourth-order valence-electron chi connectivity index (χ4n) is 5.61. The van der Waals surface area contributed by atoms with Crippen LogP contribution in [0.1, 0.15) is 76.2 Å². The van der Waals surface area contributed by atoms with Gasteiger partial charge in [-0.3, -0.25) is 0 Å². The van der Waals surface area contributed by atoms with Crippen LogP contribution in [-0.2, 0) is 11.2 Å². The molecule has 1 saturated heterocycles. The molecule has 0 atom stereocenters. The molecule has 2 aliphatic carbocycles. The van der Waals surface area contributed by atoms with Crippen molar-refractivity contribution >= 4 is 0 Å². The van der Waals surface area contributed by atoms with E-state index in [0.717, 1.165) is 19.1 Å². The fourth-order valence-corrected chi connectivity index (χ4v) is 5.61. The third-order valence-electron chi connectivity index (χ3n) is 7.54. The van der Waals surface area contributed by atoms with Gasteiger partial charge in [-0.1, -0.05) is 0 Å². The second-order valence-corrected chi connectivity index (χ2v) is 9.23. The van der Waals surface area contributed by atoms with Crippen molar-refractivity contribution in [3.8, 4) is 0 Å². The van der Waals surface area contributed by atoms with Crippen LogP contribution in [0.3, 0.4) is 0 Å². The number of likely N-dealkylation sites (tertiary alicyclic amines) is 1. The summed E-state index contributed by atoms with van der Waals surface area (Å²) in [5.74, 6) is 0.935. The SMILES string of the molecule is c1cc(CCC2CCC3(CC2)CCC(OCCN2CCCC2)CC3)co1. The van der Waals surface area contributed by atoms with Crippen molar-refractivity contribution in [3.05, 3.63) is 24.2 Å². The maximum absolute atomic E-state index is 6.23. The van der Waals surface area contributed by atoms with Crippen LogP contribution in [0.4, 0.5) is 0 Å². The number of hydrogen-bond donors (Lipinski definition) is 0. The van der Waals surface area contributed by atoms with Gasteiger partial charge in [-0.25, -0.2) is 0 Å². The molecular weight excluding hydrogens is 322 g/mol. The van der Waals surface area contributed by atoms with Crippen molar-refractivity contribution < 1.29 is 9.15 Å². The molecule has 1 aromatic heterocycles. The van der Waals surface area contributed by atoms with Crippen molar-refractivity contribution in [1.82, 2.24) is 4.90 Å². The third kappa shape index (κ3) is 4.92. The zero-order valence-corrected chi connectivity index (χ0v) is 16.5. The Morgan fingerprint density at radius 3 is 2.46 bits per heavy atom. The maximum Gasteiger partial charge on any atom is 0.0934 e. The molecule has 26 heavy (non-hydrogen) atoms. The van der Waals surface area contributed by atoms with E-state index >= 15 is 0 Å². The minimum atomic E-state index is 0.544. The average Bonchev–Trinajstić information content (AvgIpc) is 3.37. The van der Waals surface area contributed by atoms with Gasteiger partial charge in [0, 0.05) is 6.54 Å². The number of nitrogens with zero attached hydrogens (tertiary/aromatic N) is 1. The first-order chi connectivity index (χ1) is 12.8. The molecule has 1 aromatic rings. The molecule has 2 heterocycles. The van der Waals surface area contributed by atoms with Crippen molar-refractivity contribution in [2.24, 2.45) is 11.3 Å². The summed E-state index contributed by atoms with van der Waals surface area (Å²) in [4.78, 5) is 2.56. The highest BCUT2D eigenvalue weighted by Gasteiger charge is 2.38. The lowest BCUT2D eigenvalue weighted by molar-refractivity contribution is -0.0236. The van der Waals surface area contributed by atoms with Crippen LogP contribution < -0.4 is 0 Å². The summed E-state index contributed by atoms with van der Waals surface area (Å²) in [6.45, 7) is 4.69. The van der Waals surface area contributed by atoms with Gasteiger partial charge in [0.2, 0.25) is 0 Å². The topological polar surface area (TPSA) is 25.6 Å². The second kappa shape index (κ2) is 8.93. The summed E-state index contributed by atoms with van der Waals surface area (Å²) in [5, 5.41) is 0. The van der Waals surface area contributed by atoms with Gasteiger partial charge in [-0.2, -0.15) is 0 Å². The molecular formula is C23H37NO2. The Hall–Kier alpha value is -0.800. The summed E-state index contributed by atoms with van der Waals surface area (Å²) in [6.07, 6.45) is 20.8. The van der Waals surface area contributed by atoms with Crippen molar-refractivity contribution in [1.29, 1.82) is 0 Å². The smallest absolute Gasteiger partial charge is 0.0934 e. The molecule has 0 N–H and O–H groups in total. The van der Waals surface area contributed by atoms with Gasteiger partial charge in [0.15, 0.2) is 0 Å². The predicted octanol–water partition coefficient (Wildman–Crippen LogP) is 5.44. The van der Waals surface area contributed by atoms with E-state index in [0.29, 0.717) is 11.5 Å². The molecule has 3 nitrogen and oxygen atoms in total. The van der Waals surface area contributed by atoms with Gasteiger partial charge >= 0.3 is 0 Å². The molecule has 0 unspecified atom stereocenters. The molecule has 1 spiro atoms. The number of aryl methyl sites for hydroxylation is 1. The van der Waals surface area contributed by atoms with Crippen molar-refractivity contribution in [2.45, 2.75) is 83.2 Å². The zero-order chi connectivity index (χ0) is 17.7. The first-order valence-electron chi connectivity index (χ1n) is 11.2. The molecule has 3 aliphatic rings. The van der Waals surface area contributed by atoms with E-state index in [-0.39, 0.29) is 0 Å². The summed E-state index contributed by atoms with van der Waals surface area (Å²) < 4.78 is 11.4. The highest BCUT2D eigenvalue weighted by Crippen LogP contribution is 2.49. The van der Waals surface area contributed by atoms with E-state index < -0.39 is 0 Å². The summed E-state index contributed by atoms with van der Waals surface area (Å²) in [6, 6.07) is 2.12. The zero-order valence-electron chi connectivity index (χ0n) is 16.5. The normalized spacial score (nSPS) is 33.1. The van der Waals surface area contributed by atoms with Crippen LogP contribution in [-0.4, -0.2) is 37.2 Å².